The summed E-state index contributed by atoms with van der Waals surface area (Å²) in [5.74, 6) is 0.548. The molecule has 0 unspecified atom stereocenters. The summed E-state index contributed by atoms with van der Waals surface area (Å²) >= 11 is 0. The number of benzene rings is 2. The topological polar surface area (TPSA) is 102 Å². The lowest BCUT2D eigenvalue weighted by atomic mass is 10.1. The van der Waals surface area contributed by atoms with Crippen LogP contribution < -0.4 is 4.72 Å². The first-order chi connectivity index (χ1) is 16.0. The van der Waals surface area contributed by atoms with E-state index in [9.17, 15) is 8.42 Å². The van der Waals surface area contributed by atoms with E-state index in [-0.39, 0.29) is 0 Å². The monoisotopic (exact) mass is 456 g/mol. The summed E-state index contributed by atoms with van der Waals surface area (Å²) in [6.07, 6.45) is 2.33. The highest BCUT2D eigenvalue weighted by molar-refractivity contribution is 7.92. The smallest absolute Gasteiger partial charge is 0.262 e. The van der Waals surface area contributed by atoms with Crippen LogP contribution in [0.3, 0.4) is 0 Å². The number of anilines is 1. The van der Waals surface area contributed by atoms with Crippen LogP contribution in [0.25, 0.3) is 28.4 Å². The Labute approximate surface area is 191 Å². The van der Waals surface area contributed by atoms with Crippen molar-refractivity contribution in [2.45, 2.75) is 18.2 Å². The van der Waals surface area contributed by atoms with Crippen molar-refractivity contribution >= 4 is 21.4 Å². The van der Waals surface area contributed by atoms with Gasteiger partial charge in [-0.15, -0.1) is 10.2 Å². The molecule has 0 saturated carbocycles. The minimum Gasteiger partial charge on any atom is -0.280 e. The van der Waals surface area contributed by atoms with Crippen molar-refractivity contribution in [2.75, 3.05) is 4.72 Å². The van der Waals surface area contributed by atoms with Gasteiger partial charge in [0.05, 0.1) is 10.6 Å². The van der Waals surface area contributed by atoms with E-state index >= 15 is 0 Å². The van der Waals surface area contributed by atoms with Gasteiger partial charge >= 0.3 is 0 Å². The molecule has 0 spiro atoms. The summed E-state index contributed by atoms with van der Waals surface area (Å²) < 4.78 is 30.1. The van der Waals surface area contributed by atoms with Gasteiger partial charge in [0.1, 0.15) is 5.69 Å². The lowest BCUT2D eigenvalue weighted by molar-refractivity contribution is 0.600. The van der Waals surface area contributed by atoms with Crippen molar-refractivity contribution in [1.29, 1.82) is 0 Å². The lowest BCUT2D eigenvalue weighted by Gasteiger charge is -2.12. The van der Waals surface area contributed by atoms with Crippen LogP contribution in [0, 0.1) is 0 Å². The van der Waals surface area contributed by atoms with E-state index in [4.69, 9.17) is 0 Å². The number of hydrogen-bond donors (Lipinski definition) is 1. The molecule has 3 heterocycles. The highest BCUT2D eigenvalue weighted by Crippen LogP contribution is 2.24. The van der Waals surface area contributed by atoms with Gasteiger partial charge in [-0.3, -0.25) is 9.71 Å². The van der Waals surface area contributed by atoms with E-state index < -0.39 is 10.0 Å². The Balaban J connectivity index is 1.44. The molecule has 2 aromatic carbocycles. The maximum Gasteiger partial charge on any atom is 0.262 e. The number of pyridine rings is 1. The van der Waals surface area contributed by atoms with Gasteiger partial charge in [0.15, 0.2) is 5.65 Å². The molecule has 5 rings (SSSR count). The van der Waals surface area contributed by atoms with Crippen molar-refractivity contribution < 1.29 is 8.42 Å². The van der Waals surface area contributed by atoms with Crippen molar-refractivity contribution in [3.63, 3.8) is 0 Å². The summed E-state index contributed by atoms with van der Waals surface area (Å²) in [5.41, 5.74) is 4.06. The fourth-order valence-electron chi connectivity index (χ4n) is 3.57. The number of aromatic nitrogens is 5. The maximum absolute atomic E-state index is 12.9. The van der Waals surface area contributed by atoms with Crippen LogP contribution in [0.2, 0.25) is 0 Å². The predicted molar refractivity (Wildman–Crippen MR) is 126 cm³/mol. The molecule has 1 N–H and O–H groups in total. The molecule has 3 aromatic heterocycles. The van der Waals surface area contributed by atoms with Gasteiger partial charge in [0, 0.05) is 17.4 Å². The highest BCUT2D eigenvalue weighted by atomic mass is 32.2. The predicted octanol–water partition coefficient (Wildman–Crippen LogP) is 4.22. The first-order valence-corrected chi connectivity index (χ1v) is 11.9. The van der Waals surface area contributed by atoms with Gasteiger partial charge in [0.25, 0.3) is 10.0 Å². The molecule has 5 aromatic rings. The summed E-state index contributed by atoms with van der Waals surface area (Å²) in [4.78, 5) is 4.62. The van der Waals surface area contributed by atoms with Crippen LogP contribution in [-0.4, -0.2) is 33.2 Å². The third-order valence-electron chi connectivity index (χ3n) is 5.23. The molecule has 0 aliphatic rings. The Hall–Kier alpha value is -4.11. The number of rotatable bonds is 6. The molecule has 164 valence electrons. The molecular weight excluding hydrogens is 436 g/mol. The molecule has 0 atom stereocenters. The molecule has 0 aliphatic carbocycles. The van der Waals surface area contributed by atoms with E-state index in [1.54, 1.807) is 35.0 Å². The van der Waals surface area contributed by atoms with Crippen LogP contribution in [0.1, 0.15) is 12.5 Å². The summed E-state index contributed by atoms with van der Waals surface area (Å²) in [6, 6.07) is 23.3. The molecular formula is C24H20N6O2S. The number of nitrogens with zero attached hydrogens (tertiary/aromatic N) is 5. The first kappa shape index (κ1) is 20.8. The average Bonchev–Trinajstić information content (AvgIpc) is 3.28. The molecule has 0 fully saturated rings. The fourth-order valence-corrected chi connectivity index (χ4v) is 4.95. The molecule has 0 radical (unpaired) electrons. The van der Waals surface area contributed by atoms with Crippen LogP contribution in [0.5, 0.6) is 0 Å². The van der Waals surface area contributed by atoms with Crippen molar-refractivity contribution in [3.05, 3.63) is 90.6 Å². The number of hydrogen-bond acceptors (Lipinski definition) is 6. The molecule has 0 saturated heterocycles. The third kappa shape index (κ3) is 4.06. The second-order valence-electron chi connectivity index (χ2n) is 7.37. The van der Waals surface area contributed by atoms with Crippen LogP contribution in [0.15, 0.2) is 90.0 Å². The maximum atomic E-state index is 12.9. The Morgan fingerprint density at radius 2 is 1.64 bits per heavy atom. The summed E-state index contributed by atoms with van der Waals surface area (Å²) in [6.45, 7) is 1.93. The zero-order chi connectivity index (χ0) is 22.8. The average molecular weight is 457 g/mol. The molecule has 0 amide bonds. The van der Waals surface area contributed by atoms with Gasteiger partial charge in [-0.1, -0.05) is 43.3 Å². The van der Waals surface area contributed by atoms with Gasteiger partial charge in [-0.05, 0) is 54.4 Å². The Bertz CT molecular complexity index is 1530. The minimum atomic E-state index is -3.68. The second-order valence-corrected chi connectivity index (χ2v) is 9.02. The zero-order valence-corrected chi connectivity index (χ0v) is 18.6. The minimum absolute atomic E-state index is 0.290. The van der Waals surface area contributed by atoms with Gasteiger partial charge in [-0.25, -0.2) is 8.42 Å². The highest BCUT2D eigenvalue weighted by Gasteiger charge is 2.17. The number of aryl methyl sites for hydroxylation is 1. The quantitative estimate of drug-likeness (QED) is 0.411. The Kier molecular flexibility index (Phi) is 5.31. The first-order valence-electron chi connectivity index (χ1n) is 10.4. The van der Waals surface area contributed by atoms with Crippen molar-refractivity contribution in [3.8, 4) is 22.8 Å². The van der Waals surface area contributed by atoms with Crippen LogP contribution >= 0.6 is 0 Å². The third-order valence-corrected chi connectivity index (χ3v) is 6.71. The van der Waals surface area contributed by atoms with E-state index in [2.05, 4.69) is 25.0 Å². The SMILES string of the molecule is CCc1ccccc1S(=O)(=O)Nc1ccc(-c2ccc3nnc(-c4ccccn4)n3n2)cc1. The molecule has 0 aliphatic heterocycles. The summed E-state index contributed by atoms with van der Waals surface area (Å²) in [5, 5.41) is 13.0. The molecule has 33 heavy (non-hydrogen) atoms. The lowest BCUT2D eigenvalue weighted by Crippen LogP contribution is -2.14. The van der Waals surface area contributed by atoms with Crippen LogP contribution in [-0.2, 0) is 16.4 Å². The fraction of sp³-hybridized carbons (Fsp3) is 0.0833. The van der Waals surface area contributed by atoms with Gasteiger partial charge in [-0.2, -0.15) is 9.61 Å². The summed E-state index contributed by atoms with van der Waals surface area (Å²) in [7, 11) is -3.68. The number of sulfonamides is 1. The van der Waals surface area contributed by atoms with Crippen LogP contribution in [0.4, 0.5) is 5.69 Å². The van der Waals surface area contributed by atoms with Crippen molar-refractivity contribution in [1.82, 2.24) is 24.8 Å². The largest absolute Gasteiger partial charge is 0.280 e. The van der Waals surface area contributed by atoms with E-state index in [0.717, 1.165) is 11.1 Å². The molecule has 9 heteroatoms. The Morgan fingerprint density at radius 3 is 2.39 bits per heavy atom. The van der Waals surface area contributed by atoms with Gasteiger partial charge < -0.3 is 0 Å². The van der Waals surface area contributed by atoms with E-state index in [1.165, 1.54) is 0 Å². The molecule has 8 nitrogen and oxygen atoms in total. The van der Waals surface area contributed by atoms with Gasteiger partial charge in [0.2, 0.25) is 5.82 Å². The molecule has 0 bridgehead atoms. The van der Waals surface area contributed by atoms with E-state index in [1.807, 2.05) is 61.5 Å². The van der Waals surface area contributed by atoms with Crippen molar-refractivity contribution in [2.24, 2.45) is 0 Å². The number of nitrogens with one attached hydrogen (secondary N) is 1. The van der Waals surface area contributed by atoms with E-state index in [0.29, 0.717) is 39.9 Å². The standard InChI is InChI=1S/C24H20N6O2S/c1-2-17-7-3-4-9-22(17)33(31,32)29-19-12-10-18(11-13-19)20-14-15-23-26-27-24(30(23)28-20)21-8-5-6-16-25-21/h3-16,29H,2H2,1H3. The zero-order valence-electron chi connectivity index (χ0n) is 17.8. The second kappa shape index (κ2) is 8.44. The normalized spacial score (nSPS) is 11.5. The Morgan fingerprint density at radius 1 is 0.848 bits per heavy atom. The number of fused-ring (bicyclic) bond motifs is 1.